The normalized spacial score (nSPS) is 11.6. The van der Waals surface area contributed by atoms with Crippen molar-refractivity contribution in [3.63, 3.8) is 0 Å². The number of hydrogen-bond acceptors (Lipinski definition) is 1. The molecule has 1 rings (SSSR count). The summed E-state index contributed by atoms with van der Waals surface area (Å²) in [4.78, 5) is 0. The molecule has 5 heteroatoms. The van der Waals surface area contributed by atoms with Gasteiger partial charge in [-0.3, -0.25) is 0 Å². The van der Waals surface area contributed by atoms with Gasteiger partial charge in [0.2, 0.25) is 0 Å². The van der Waals surface area contributed by atoms with Gasteiger partial charge in [0, 0.05) is 6.08 Å². The summed E-state index contributed by atoms with van der Waals surface area (Å²) in [6, 6.07) is 6.45. The van der Waals surface area contributed by atoms with E-state index in [-0.39, 0.29) is 0 Å². The van der Waals surface area contributed by atoms with Crippen molar-refractivity contribution in [3.05, 3.63) is 35.9 Å². The summed E-state index contributed by atoms with van der Waals surface area (Å²) < 4.78 is 36.5. The molecule has 0 radical (unpaired) electrons. The lowest BCUT2D eigenvalue weighted by Gasteiger charge is -2.14. The molecular formula is C9H6BF3N-. The molecule has 0 spiro atoms. The molecule has 14 heavy (non-hydrogen) atoms. The Bertz CT molecular complexity index is 373. The van der Waals surface area contributed by atoms with Gasteiger partial charge in [-0.15, -0.1) is 5.46 Å². The van der Waals surface area contributed by atoms with E-state index >= 15 is 0 Å². The minimum absolute atomic E-state index is 0.579. The molecule has 1 aromatic carbocycles. The van der Waals surface area contributed by atoms with Gasteiger partial charge < -0.3 is 12.9 Å². The third kappa shape index (κ3) is 2.66. The highest BCUT2D eigenvalue weighted by atomic mass is 19.4. The van der Waals surface area contributed by atoms with Gasteiger partial charge >= 0.3 is 6.98 Å². The number of nitriles is 1. The lowest BCUT2D eigenvalue weighted by atomic mass is 9.80. The van der Waals surface area contributed by atoms with E-state index in [4.69, 9.17) is 5.26 Å². The van der Waals surface area contributed by atoms with Crippen molar-refractivity contribution in [2.24, 2.45) is 0 Å². The molecule has 0 aliphatic carbocycles. The van der Waals surface area contributed by atoms with E-state index in [9.17, 15) is 12.9 Å². The van der Waals surface area contributed by atoms with E-state index in [1.807, 2.05) is 0 Å². The minimum atomic E-state index is -4.92. The molecule has 0 saturated carbocycles. The maximum atomic E-state index is 12.2. The smallest absolute Gasteiger partial charge is 0.445 e. The van der Waals surface area contributed by atoms with Crippen LogP contribution in [0.5, 0.6) is 0 Å². The van der Waals surface area contributed by atoms with Crippen LogP contribution in [0.1, 0.15) is 5.56 Å². The Balaban J connectivity index is 2.91. The van der Waals surface area contributed by atoms with Crippen molar-refractivity contribution < 1.29 is 12.9 Å². The van der Waals surface area contributed by atoms with Crippen molar-refractivity contribution in [2.75, 3.05) is 0 Å². The van der Waals surface area contributed by atoms with Gasteiger partial charge in [0.1, 0.15) is 0 Å². The van der Waals surface area contributed by atoms with Crippen molar-refractivity contribution in [1.29, 1.82) is 5.26 Å². The number of benzene rings is 1. The summed E-state index contributed by atoms with van der Waals surface area (Å²) in [5, 5.41) is 8.20. The molecule has 0 N–H and O–H groups in total. The molecule has 0 saturated heterocycles. The average molecular weight is 196 g/mol. The second-order valence-corrected chi connectivity index (χ2v) is 2.70. The summed E-state index contributed by atoms with van der Waals surface area (Å²) in [6.45, 7) is -4.92. The van der Waals surface area contributed by atoms with E-state index in [1.165, 1.54) is 24.3 Å². The zero-order chi connectivity index (χ0) is 10.6. The highest BCUT2D eigenvalue weighted by molar-refractivity contribution is 6.73. The van der Waals surface area contributed by atoms with Crippen LogP contribution >= 0.6 is 0 Å². The van der Waals surface area contributed by atoms with Gasteiger partial charge in [0.05, 0.1) is 6.07 Å². The van der Waals surface area contributed by atoms with Gasteiger partial charge in [0.25, 0.3) is 0 Å². The first kappa shape index (κ1) is 10.4. The van der Waals surface area contributed by atoms with Crippen LogP contribution in [0.2, 0.25) is 0 Å². The van der Waals surface area contributed by atoms with Gasteiger partial charge in [0.15, 0.2) is 0 Å². The standard InChI is InChI=1S/C9H6BF3N/c11-10(12,13)9-5-3-8(4-6-9)2-1-7-14/h1-6H/q-1/b2-1+. The Hall–Kier alpha value is -1.70. The van der Waals surface area contributed by atoms with Gasteiger partial charge in [-0.25, -0.2) is 0 Å². The van der Waals surface area contributed by atoms with Gasteiger partial charge in [-0.2, -0.15) is 5.26 Å². The molecule has 0 aliphatic rings. The molecule has 0 heterocycles. The topological polar surface area (TPSA) is 23.8 Å². The highest BCUT2D eigenvalue weighted by Gasteiger charge is 2.24. The van der Waals surface area contributed by atoms with E-state index in [0.717, 1.165) is 12.1 Å². The van der Waals surface area contributed by atoms with Crippen LogP contribution < -0.4 is 5.46 Å². The molecule has 0 unspecified atom stereocenters. The number of allylic oxidation sites excluding steroid dienone is 1. The summed E-state index contributed by atoms with van der Waals surface area (Å²) in [7, 11) is 0. The summed E-state index contributed by atoms with van der Waals surface area (Å²) in [5.41, 5.74) is -0.0468. The molecule has 0 aliphatic heterocycles. The first-order valence-corrected chi connectivity index (χ1v) is 3.90. The SMILES string of the molecule is N#C/C=C/c1ccc([B-](F)(F)F)cc1. The van der Waals surface area contributed by atoms with Crippen LogP contribution in [0.15, 0.2) is 30.3 Å². The zero-order valence-corrected chi connectivity index (χ0v) is 7.12. The third-order valence-corrected chi connectivity index (χ3v) is 1.66. The van der Waals surface area contributed by atoms with Crippen molar-refractivity contribution in [2.45, 2.75) is 0 Å². The number of halogens is 3. The fourth-order valence-electron chi connectivity index (χ4n) is 0.959. The van der Waals surface area contributed by atoms with E-state index < -0.39 is 12.4 Å². The number of hydrogen-bond donors (Lipinski definition) is 0. The lowest BCUT2D eigenvalue weighted by Crippen LogP contribution is -2.33. The number of rotatable bonds is 2. The fourth-order valence-corrected chi connectivity index (χ4v) is 0.959. The van der Waals surface area contributed by atoms with Crippen molar-refractivity contribution >= 4 is 18.5 Å². The fraction of sp³-hybridized carbons (Fsp3) is 0. The Kier molecular flexibility index (Phi) is 2.97. The van der Waals surface area contributed by atoms with Crippen molar-refractivity contribution in [3.8, 4) is 6.07 Å². The van der Waals surface area contributed by atoms with E-state index in [0.29, 0.717) is 5.56 Å². The second kappa shape index (κ2) is 4.01. The Morgan fingerprint density at radius 1 is 1.14 bits per heavy atom. The lowest BCUT2D eigenvalue weighted by molar-refractivity contribution is 0.501. The average Bonchev–Trinajstić information content (AvgIpc) is 2.14. The maximum Gasteiger partial charge on any atom is 0.509 e. The molecular weight excluding hydrogens is 190 g/mol. The quantitative estimate of drug-likeness (QED) is 0.525. The molecule has 1 nitrogen and oxygen atoms in total. The molecule has 0 bridgehead atoms. The second-order valence-electron chi connectivity index (χ2n) is 2.70. The van der Waals surface area contributed by atoms with Gasteiger partial charge in [-0.05, 0) is 11.6 Å². The summed E-state index contributed by atoms with van der Waals surface area (Å²) in [6.07, 6.45) is 2.67. The maximum absolute atomic E-state index is 12.2. The molecule has 0 fully saturated rings. The third-order valence-electron chi connectivity index (χ3n) is 1.66. The van der Waals surface area contributed by atoms with Crippen LogP contribution in [0.3, 0.4) is 0 Å². The molecule has 0 atom stereocenters. The van der Waals surface area contributed by atoms with Crippen LogP contribution in [0, 0.1) is 11.3 Å². The largest absolute Gasteiger partial charge is 0.509 e. The van der Waals surface area contributed by atoms with E-state index in [2.05, 4.69) is 0 Å². The van der Waals surface area contributed by atoms with Crippen LogP contribution in [-0.2, 0) is 0 Å². The summed E-state index contributed by atoms with van der Waals surface area (Å²) >= 11 is 0. The minimum Gasteiger partial charge on any atom is -0.445 e. The van der Waals surface area contributed by atoms with Gasteiger partial charge in [-0.1, -0.05) is 24.3 Å². The monoisotopic (exact) mass is 196 g/mol. The Labute approximate surface area is 79.5 Å². The van der Waals surface area contributed by atoms with Crippen molar-refractivity contribution in [1.82, 2.24) is 0 Å². The zero-order valence-electron chi connectivity index (χ0n) is 7.12. The Morgan fingerprint density at radius 2 is 1.71 bits per heavy atom. The molecule has 0 aromatic heterocycles. The van der Waals surface area contributed by atoms with Crippen LogP contribution in [0.25, 0.3) is 6.08 Å². The van der Waals surface area contributed by atoms with Crippen LogP contribution in [-0.4, -0.2) is 6.98 Å². The predicted octanol–water partition coefficient (Wildman–Crippen LogP) is 2.28. The number of nitrogens with zero attached hydrogens (tertiary/aromatic N) is 1. The summed E-state index contributed by atoms with van der Waals surface area (Å²) in [5.74, 6) is 0. The molecule has 0 amide bonds. The van der Waals surface area contributed by atoms with Crippen LogP contribution in [0.4, 0.5) is 12.9 Å². The van der Waals surface area contributed by atoms with E-state index in [1.54, 1.807) is 6.07 Å². The molecule has 72 valence electrons. The first-order chi connectivity index (χ1) is 6.54. The first-order valence-electron chi connectivity index (χ1n) is 3.90. The predicted molar refractivity (Wildman–Crippen MR) is 49.8 cm³/mol. The Morgan fingerprint density at radius 3 is 2.14 bits per heavy atom. The highest BCUT2D eigenvalue weighted by Crippen LogP contribution is 2.10. The molecule has 1 aromatic rings.